The average Bonchev–Trinajstić information content (AvgIpc) is 2.41. The van der Waals surface area contributed by atoms with Crippen LogP contribution in [-0.4, -0.2) is 30.4 Å². The van der Waals surface area contributed by atoms with Gasteiger partial charge in [0.05, 0.1) is 6.61 Å². The number of esters is 1. The smallest absolute Gasteiger partial charge is 0.326 e. The second kappa shape index (κ2) is 7.59. The standard InChI is InChI=1S/C14H19F2NO2S/c1-4-17-14(3,13(18)19-5-2)9-20-10-6-7-11(15)12(16)8-10/h6-8,17H,4-5,9H2,1-3H3. The second-order valence-corrected chi connectivity index (χ2v) is 5.50. The molecule has 1 rings (SSSR count). The van der Waals surface area contributed by atoms with Gasteiger partial charge in [-0.2, -0.15) is 0 Å². The first kappa shape index (κ1) is 16.9. The summed E-state index contributed by atoms with van der Waals surface area (Å²) in [5.41, 5.74) is -0.861. The van der Waals surface area contributed by atoms with E-state index >= 15 is 0 Å². The maximum absolute atomic E-state index is 13.1. The molecule has 0 aliphatic carbocycles. The summed E-state index contributed by atoms with van der Waals surface area (Å²) in [5.74, 6) is -1.76. The Morgan fingerprint density at radius 3 is 2.60 bits per heavy atom. The van der Waals surface area contributed by atoms with Crippen LogP contribution in [0.5, 0.6) is 0 Å². The van der Waals surface area contributed by atoms with E-state index < -0.39 is 17.2 Å². The number of benzene rings is 1. The first-order valence-electron chi connectivity index (χ1n) is 6.43. The fraction of sp³-hybridized carbons (Fsp3) is 0.500. The van der Waals surface area contributed by atoms with Crippen molar-refractivity contribution in [2.75, 3.05) is 18.9 Å². The van der Waals surface area contributed by atoms with Gasteiger partial charge in [-0.3, -0.25) is 4.79 Å². The Kier molecular flexibility index (Phi) is 6.42. The van der Waals surface area contributed by atoms with Crippen LogP contribution in [0.25, 0.3) is 0 Å². The van der Waals surface area contributed by atoms with Gasteiger partial charge in [0.25, 0.3) is 0 Å². The molecule has 0 saturated carbocycles. The number of hydrogen-bond donors (Lipinski definition) is 1. The highest BCUT2D eigenvalue weighted by Crippen LogP contribution is 2.25. The predicted octanol–water partition coefficient (Wildman–Crippen LogP) is 2.99. The summed E-state index contributed by atoms with van der Waals surface area (Å²) in [7, 11) is 0. The van der Waals surface area contributed by atoms with Gasteiger partial charge in [0.2, 0.25) is 0 Å². The van der Waals surface area contributed by atoms with Gasteiger partial charge in [0.1, 0.15) is 5.54 Å². The zero-order chi connectivity index (χ0) is 15.2. The van der Waals surface area contributed by atoms with Gasteiger partial charge in [-0.1, -0.05) is 6.92 Å². The van der Waals surface area contributed by atoms with Crippen LogP contribution in [0.15, 0.2) is 23.1 Å². The first-order chi connectivity index (χ1) is 9.42. The second-order valence-electron chi connectivity index (χ2n) is 4.45. The molecule has 20 heavy (non-hydrogen) atoms. The Hall–Kier alpha value is -1.14. The number of carbonyl (C=O) groups excluding carboxylic acids is 1. The molecular formula is C14H19F2NO2S. The van der Waals surface area contributed by atoms with E-state index in [9.17, 15) is 13.6 Å². The third-order valence-corrected chi connectivity index (χ3v) is 4.02. The lowest BCUT2D eigenvalue weighted by molar-refractivity contribution is -0.149. The van der Waals surface area contributed by atoms with Crippen molar-refractivity contribution >= 4 is 17.7 Å². The molecule has 112 valence electrons. The van der Waals surface area contributed by atoms with E-state index in [0.717, 1.165) is 12.1 Å². The molecule has 0 bridgehead atoms. The molecule has 1 unspecified atom stereocenters. The predicted molar refractivity (Wildman–Crippen MR) is 75.8 cm³/mol. The molecule has 1 N–H and O–H groups in total. The molecule has 1 aromatic carbocycles. The van der Waals surface area contributed by atoms with Crippen LogP contribution in [0.2, 0.25) is 0 Å². The molecule has 0 spiro atoms. The van der Waals surface area contributed by atoms with E-state index in [4.69, 9.17) is 4.74 Å². The lowest BCUT2D eigenvalue weighted by atomic mass is 10.1. The number of halogens is 2. The minimum atomic E-state index is -0.892. The maximum Gasteiger partial charge on any atom is 0.326 e. The average molecular weight is 303 g/mol. The first-order valence-corrected chi connectivity index (χ1v) is 7.41. The molecule has 0 radical (unpaired) electrons. The summed E-state index contributed by atoms with van der Waals surface area (Å²) in [6.45, 7) is 6.27. The van der Waals surface area contributed by atoms with Gasteiger partial charge in [-0.25, -0.2) is 8.78 Å². The van der Waals surface area contributed by atoms with Gasteiger partial charge in [0.15, 0.2) is 11.6 Å². The maximum atomic E-state index is 13.1. The minimum Gasteiger partial charge on any atom is -0.465 e. The number of thioether (sulfide) groups is 1. The van der Waals surface area contributed by atoms with Crippen molar-refractivity contribution in [1.82, 2.24) is 5.32 Å². The van der Waals surface area contributed by atoms with Crippen molar-refractivity contribution in [2.45, 2.75) is 31.2 Å². The van der Waals surface area contributed by atoms with Crippen LogP contribution in [-0.2, 0) is 9.53 Å². The fourth-order valence-corrected chi connectivity index (χ4v) is 2.68. The minimum absolute atomic E-state index is 0.301. The Morgan fingerprint density at radius 2 is 2.05 bits per heavy atom. The largest absolute Gasteiger partial charge is 0.465 e. The Balaban J connectivity index is 2.75. The van der Waals surface area contributed by atoms with Gasteiger partial charge >= 0.3 is 5.97 Å². The Morgan fingerprint density at radius 1 is 1.35 bits per heavy atom. The molecule has 0 fully saturated rings. The summed E-state index contributed by atoms with van der Waals surface area (Å²) in [5, 5.41) is 3.08. The SMILES string of the molecule is CCNC(C)(CSc1ccc(F)c(F)c1)C(=O)OCC. The highest BCUT2D eigenvalue weighted by atomic mass is 32.2. The molecule has 0 amide bonds. The van der Waals surface area contributed by atoms with Gasteiger partial charge < -0.3 is 10.1 Å². The van der Waals surface area contributed by atoms with Crippen LogP contribution >= 0.6 is 11.8 Å². The number of likely N-dealkylation sites (N-methyl/N-ethyl adjacent to an activating group) is 1. The van der Waals surface area contributed by atoms with E-state index in [1.807, 2.05) is 6.92 Å². The Bertz CT molecular complexity index is 470. The van der Waals surface area contributed by atoms with E-state index in [2.05, 4.69) is 5.32 Å². The molecule has 0 aromatic heterocycles. The number of ether oxygens (including phenoxy) is 1. The highest BCUT2D eigenvalue weighted by molar-refractivity contribution is 7.99. The lowest BCUT2D eigenvalue weighted by Crippen LogP contribution is -2.52. The van der Waals surface area contributed by atoms with Crippen LogP contribution in [0.1, 0.15) is 20.8 Å². The number of nitrogens with one attached hydrogen (secondary N) is 1. The van der Waals surface area contributed by atoms with Crippen molar-refractivity contribution in [3.8, 4) is 0 Å². The molecule has 1 atom stereocenters. The fourth-order valence-electron chi connectivity index (χ4n) is 1.66. The normalized spacial score (nSPS) is 13.8. The zero-order valence-corrected chi connectivity index (χ0v) is 12.7. The van der Waals surface area contributed by atoms with Crippen molar-refractivity contribution in [3.63, 3.8) is 0 Å². The quantitative estimate of drug-likeness (QED) is 0.621. The van der Waals surface area contributed by atoms with E-state index in [-0.39, 0.29) is 5.97 Å². The summed E-state index contributed by atoms with van der Waals surface area (Å²) in [4.78, 5) is 12.5. The Labute approximate surface area is 122 Å². The van der Waals surface area contributed by atoms with Crippen molar-refractivity contribution < 1.29 is 18.3 Å². The molecule has 0 saturated heterocycles. The molecule has 6 heteroatoms. The van der Waals surface area contributed by atoms with Crippen LogP contribution in [0, 0.1) is 11.6 Å². The van der Waals surface area contributed by atoms with Crippen molar-refractivity contribution in [1.29, 1.82) is 0 Å². The third-order valence-electron chi connectivity index (χ3n) is 2.71. The van der Waals surface area contributed by atoms with Crippen molar-refractivity contribution in [2.24, 2.45) is 0 Å². The summed E-state index contributed by atoms with van der Waals surface area (Å²) < 4.78 is 31.0. The van der Waals surface area contributed by atoms with E-state index in [1.165, 1.54) is 17.8 Å². The summed E-state index contributed by atoms with van der Waals surface area (Å²) in [6, 6.07) is 3.69. The summed E-state index contributed by atoms with van der Waals surface area (Å²) in [6.07, 6.45) is 0. The van der Waals surface area contributed by atoms with Gasteiger partial charge in [-0.05, 0) is 38.6 Å². The molecule has 0 aliphatic rings. The van der Waals surface area contributed by atoms with Crippen molar-refractivity contribution in [3.05, 3.63) is 29.8 Å². The van der Waals surface area contributed by atoms with Crippen LogP contribution in [0.4, 0.5) is 8.78 Å². The molecule has 1 aromatic rings. The highest BCUT2D eigenvalue weighted by Gasteiger charge is 2.33. The van der Waals surface area contributed by atoms with E-state index in [0.29, 0.717) is 23.8 Å². The van der Waals surface area contributed by atoms with Gasteiger partial charge in [-0.15, -0.1) is 11.8 Å². The lowest BCUT2D eigenvalue weighted by Gasteiger charge is -2.27. The molecule has 0 heterocycles. The molecule has 3 nitrogen and oxygen atoms in total. The zero-order valence-electron chi connectivity index (χ0n) is 11.8. The molecule has 0 aliphatic heterocycles. The van der Waals surface area contributed by atoms with Crippen LogP contribution < -0.4 is 5.32 Å². The molecular weight excluding hydrogens is 284 g/mol. The van der Waals surface area contributed by atoms with Crippen LogP contribution in [0.3, 0.4) is 0 Å². The van der Waals surface area contributed by atoms with Gasteiger partial charge in [0, 0.05) is 10.6 Å². The third kappa shape index (κ3) is 4.45. The number of rotatable bonds is 7. The number of hydrogen-bond acceptors (Lipinski definition) is 4. The topological polar surface area (TPSA) is 38.3 Å². The summed E-state index contributed by atoms with van der Waals surface area (Å²) >= 11 is 1.27. The van der Waals surface area contributed by atoms with E-state index in [1.54, 1.807) is 13.8 Å². The number of carbonyl (C=O) groups is 1. The monoisotopic (exact) mass is 303 g/mol.